The summed E-state index contributed by atoms with van der Waals surface area (Å²) in [5.74, 6) is 0.307. The van der Waals surface area contributed by atoms with Gasteiger partial charge in [-0.05, 0) is 26.4 Å². The van der Waals surface area contributed by atoms with E-state index >= 15 is 0 Å². The Kier molecular flexibility index (Phi) is 3.54. The first-order valence-electron chi connectivity index (χ1n) is 7.07. The highest BCUT2D eigenvalue weighted by Gasteiger charge is 2.39. The number of ether oxygens (including phenoxy) is 1. The molecule has 3 aliphatic heterocycles. The van der Waals surface area contributed by atoms with Crippen LogP contribution in [0.2, 0.25) is 0 Å². The van der Waals surface area contributed by atoms with Crippen molar-refractivity contribution in [2.24, 2.45) is 5.92 Å². The summed E-state index contributed by atoms with van der Waals surface area (Å²) in [6, 6.07) is 0.803. The smallest absolute Gasteiger partial charge is 0.229 e. The number of hydrogen-bond donors (Lipinski definition) is 1. The third-order valence-corrected chi connectivity index (χ3v) is 4.67. The maximum absolute atomic E-state index is 12.5. The van der Waals surface area contributed by atoms with E-state index in [2.05, 4.69) is 15.1 Å². The van der Waals surface area contributed by atoms with Gasteiger partial charge in [0.15, 0.2) is 0 Å². The molecule has 3 unspecified atom stereocenters. The minimum atomic E-state index is 0.0166. The lowest BCUT2D eigenvalue weighted by atomic mass is 10.0. The summed E-state index contributed by atoms with van der Waals surface area (Å²) >= 11 is 0. The molecule has 3 atom stereocenters. The van der Waals surface area contributed by atoms with E-state index in [1.54, 1.807) is 0 Å². The minimum Gasteiger partial charge on any atom is -0.379 e. The SMILES string of the molecule is CNC1COCC1C(=O)N1CCN2CCCC2C1. The fraction of sp³-hybridized carbons (Fsp3) is 0.923. The molecular weight excluding hydrogens is 230 g/mol. The van der Waals surface area contributed by atoms with Gasteiger partial charge in [0.25, 0.3) is 0 Å². The van der Waals surface area contributed by atoms with E-state index in [9.17, 15) is 4.79 Å². The van der Waals surface area contributed by atoms with Crippen LogP contribution in [0.15, 0.2) is 0 Å². The fourth-order valence-corrected chi connectivity index (χ4v) is 3.51. The van der Waals surface area contributed by atoms with Crippen molar-refractivity contribution < 1.29 is 9.53 Å². The average Bonchev–Trinajstić information content (AvgIpc) is 3.05. The maximum Gasteiger partial charge on any atom is 0.229 e. The van der Waals surface area contributed by atoms with Crippen LogP contribution < -0.4 is 5.32 Å². The van der Waals surface area contributed by atoms with Crippen LogP contribution in [-0.4, -0.2) is 74.2 Å². The second-order valence-corrected chi connectivity index (χ2v) is 5.66. The van der Waals surface area contributed by atoms with Gasteiger partial charge in [-0.15, -0.1) is 0 Å². The summed E-state index contributed by atoms with van der Waals surface area (Å²) < 4.78 is 5.44. The van der Waals surface area contributed by atoms with Crippen LogP contribution in [0.25, 0.3) is 0 Å². The Morgan fingerprint density at radius 2 is 2.17 bits per heavy atom. The monoisotopic (exact) mass is 253 g/mol. The van der Waals surface area contributed by atoms with Crippen LogP contribution >= 0.6 is 0 Å². The largest absolute Gasteiger partial charge is 0.379 e. The van der Waals surface area contributed by atoms with E-state index in [1.165, 1.54) is 19.4 Å². The van der Waals surface area contributed by atoms with Crippen LogP contribution in [0, 0.1) is 5.92 Å². The van der Waals surface area contributed by atoms with E-state index in [0.717, 1.165) is 19.6 Å². The lowest BCUT2D eigenvalue weighted by molar-refractivity contribution is -0.138. The molecular formula is C13H23N3O2. The Balaban J connectivity index is 1.62. The van der Waals surface area contributed by atoms with Crippen molar-refractivity contribution in [2.45, 2.75) is 24.9 Å². The number of nitrogens with zero attached hydrogens (tertiary/aromatic N) is 2. The molecule has 0 aromatic rings. The lowest BCUT2D eigenvalue weighted by Gasteiger charge is -2.39. The highest BCUT2D eigenvalue weighted by molar-refractivity contribution is 5.80. The van der Waals surface area contributed by atoms with Gasteiger partial charge >= 0.3 is 0 Å². The first-order chi connectivity index (χ1) is 8.79. The zero-order valence-electron chi connectivity index (χ0n) is 11.1. The van der Waals surface area contributed by atoms with Gasteiger partial charge in [0.1, 0.15) is 0 Å². The second-order valence-electron chi connectivity index (χ2n) is 5.66. The number of rotatable bonds is 2. The molecule has 0 bridgehead atoms. The molecule has 3 saturated heterocycles. The topological polar surface area (TPSA) is 44.8 Å². The number of likely N-dealkylation sites (N-methyl/N-ethyl adjacent to an activating group) is 1. The predicted octanol–water partition coefficient (Wildman–Crippen LogP) is -0.473. The Labute approximate surface area is 108 Å². The van der Waals surface area contributed by atoms with Crippen molar-refractivity contribution in [1.29, 1.82) is 0 Å². The van der Waals surface area contributed by atoms with Gasteiger partial charge in [-0.3, -0.25) is 9.69 Å². The van der Waals surface area contributed by atoms with Crippen molar-refractivity contribution in [3.63, 3.8) is 0 Å². The van der Waals surface area contributed by atoms with Gasteiger partial charge in [-0.2, -0.15) is 0 Å². The molecule has 0 spiro atoms. The fourth-order valence-electron chi connectivity index (χ4n) is 3.51. The molecule has 102 valence electrons. The molecule has 1 amide bonds. The Bertz CT molecular complexity index is 323. The zero-order valence-corrected chi connectivity index (χ0v) is 11.1. The molecule has 5 heteroatoms. The van der Waals surface area contributed by atoms with Gasteiger partial charge in [-0.1, -0.05) is 0 Å². The van der Waals surface area contributed by atoms with Crippen LogP contribution in [0.3, 0.4) is 0 Å². The van der Waals surface area contributed by atoms with Gasteiger partial charge in [-0.25, -0.2) is 0 Å². The number of carbonyl (C=O) groups is 1. The van der Waals surface area contributed by atoms with Gasteiger partial charge < -0.3 is 15.0 Å². The van der Waals surface area contributed by atoms with Crippen molar-refractivity contribution >= 4 is 5.91 Å². The molecule has 3 rings (SSSR count). The summed E-state index contributed by atoms with van der Waals surface area (Å²) in [5.41, 5.74) is 0. The van der Waals surface area contributed by atoms with Gasteiger partial charge in [0.2, 0.25) is 5.91 Å². The van der Waals surface area contributed by atoms with E-state index in [-0.39, 0.29) is 12.0 Å². The Morgan fingerprint density at radius 3 is 3.00 bits per heavy atom. The number of fused-ring (bicyclic) bond motifs is 1. The number of amides is 1. The highest BCUT2D eigenvalue weighted by atomic mass is 16.5. The number of hydrogen-bond acceptors (Lipinski definition) is 4. The minimum absolute atomic E-state index is 0.0166. The van der Waals surface area contributed by atoms with Crippen LogP contribution in [0.5, 0.6) is 0 Å². The van der Waals surface area contributed by atoms with Crippen LogP contribution in [0.1, 0.15) is 12.8 Å². The normalized spacial score (nSPS) is 36.9. The third-order valence-electron chi connectivity index (χ3n) is 4.67. The standard InChI is InChI=1S/C13H23N3O2/c1-14-12-9-18-8-11(12)13(17)16-6-5-15-4-2-3-10(15)7-16/h10-12,14H,2-9H2,1H3. The highest BCUT2D eigenvalue weighted by Crippen LogP contribution is 2.24. The van der Waals surface area contributed by atoms with Gasteiger partial charge in [0, 0.05) is 31.7 Å². The molecule has 5 nitrogen and oxygen atoms in total. The summed E-state index contributed by atoms with van der Waals surface area (Å²) in [4.78, 5) is 17.1. The molecule has 3 heterocycles. The molecule has 0 aromatic heterocycles. The predicted molar refractivity (Wildman–Crippen MR) is 68.3 cm³/mol. The Morgan fingerprint density at radius 1 is 1.28 bits per heavy atom. The molecule has 1 N–H and O–H groups in total. The molecule has 3 aliphatic rings. The average molecular weight is 253 g/mol. The van der Waals surface area contributed by atoms with Crippen molar-refractivity contribution in [1.82, 2.24) is 15.1 Å². The molecule has 0 saturated carbocycles. The van der Waals surface area contributed by atoms with Crippen molar-refractivity contribution in [2.75, 3.05) is 46.4 Å². The van der Waals surface area contributed by atoms with Gasteiger partial charge in [0.05, 0.1) is 19.1 Å². The summed E-state index contributed by atoms with van der Waals surface area (Å²) in [6.45, 7) is 5.33. The number of nitrogens with one attached hydrogen (secondary N) is 1. The third kappa shape index (κ3) is 2.15. The maximum atomic E-state index is 12.5. The van der Waals surface area contributed by atoms with Crippen LogP contribution in [0.4, 0.5) is 0 Å². The van der Waals surface area contributed by atoms with Crippen molar-refractivity contribution in [3.05, 3.63) is 0 Å². The van der Waals surface area contributed by atoms with E-state index in [1.807, 2.05) is 7.05 Å². The summed E-state index contributed by atoms with van der Waals surface area (Å²) in [7, 11) is 1.91. The molecule has 0 aromatic carbocycles. The molecule has 3 fully saturated rings. The number of piperazine rings is 1. The Hall–Kier alpha value is -0.650. The van der Waals surface area contributed by atoms with E-state index < -0.39 is 0 Å². The number of carbonyl (C=O) groups excluding carboxylic acids is 1. The summed E-state index contributed by atoms with van der Waals surface area (Å²) in [5, 5.41) is 3.20. The second kappa shape index (κ2) is 5.15. The summed E-state index contributed by atoms with van der Waals surface area (Å²) in [6.07, 6.45) is 2.54. The van der Waals surface area contributed by atoms with Crippen molar-refractivity contribution in [3.8, 4) is 0 Å². The van der Waals surface area contributed by atoms with E-state index in [0.29, 0.717) is 25.2 Å². The molecule has 18 heavy (non-hydrogen) atoms. The lowest BCUT2D eigenvalue weighted by Crippen LogP contribution is -2.55. The van der Waals surface area contributed by atoms with Crippen LogP contribution in [-0.2, 0) is 9.53 Å². The zero-order chi connectivity index (χ0) is 12.5. The molecule has 0 aliphatic carbocycles. The first kappa shape index (κ1) is 12.4. The van der Waals surface area contributed by atoms with E-state index in [4.69, 9.17) is 4.74 Å². The first-order valence-corrected chi connectivity index (χ1v) is 7.07. The molecule has 0 radical (unpaired) electrons. The quantitative estimate of drug-likeness (QED) is 0.722.